The molecule has 1 heterocycles. The van der Waals surface area contributed by atoms with Gasteiger partial charge in [-0.15, -0.1) is 0 Å². The maximum atomic E-state index is 11.8. The Morgan fingerprint density at radius 1 is 1.04 bits per heavy atom. The van der Waals surface area contributed by atoms with E-state index >= 15 is 0 Å². The molecule has 1 aromatic heterocycles. The topological polar surface area (TPSA) is 57.5 Å². The molecule has 0 amide bonds. The van der Waals surface area contributed by atoms with Crippen LogP contribution in [0.3, 0.4) is 0 Å². The van der Waals surface area contributed by atoms with Crippen LogP contribution in [-0.4, -0.2) is 23.1 Å². The van der Waals surface area contributed by atoms with Crippen molar-refractivity contribution in [2.24, 2.45) is 0 Å². The highest BCUT2D eigenvalue weighted by atomic mass is 16.5. The Hall–Kier alpha value is -3.08. The standard InChI is InChI=1S/C20H19NO4/c1-4-24-20(23)15-5-8-17(9-6-15)21-13(2)11-16-7-10-18(12-19(16)21)25-14(3)22/h5-12H,4H2,1-3H3. The molecule has 25 heavy (non-hydrogen) atoms. The van der Waals surface area contributed by atoms with E-state index in [1.807, 2.05) is 31.2 Å². The number of hydrogen-bond donors (Lipinski definition) is 0. The molecule has 0 aliphatic rings. The van der Waals surface area contributed by atoms with Gasteiger partial charge in [0.25, 0.3) is 0 Å². The van der Waals surface area contributed by atoms with Crippen LogP contribution in [0.1, 0.15) is 29.9 Å². The predicted molar refractivity (Wildman–Crippen MR) is 95.3 cm³/mol. The number of rotatable bonds is 4. The Bertz CT molecular complexity index is 938. The molecule has 0 bridgehead atoms. The summed E-state index contributed by atoms with van der Waals surface area (Å²) < 4.78 is 12.3. The van der Waals surface area contributed by atoms with Crippen molar-refractivity contribution in [3.63, 3.8) is 0 Å². The first-order valence-electron chi connectivity index (χ1n) is 8.07. The third-order valence-corrected chi connectivity index (χ3v) is 3.86. The number of esters is 2. The van der Waals surface area contributed by atoms with Gasteiger partial charge < -0.3 is 14.0 Å². The van der Waals surface area contributed by atoms with Gasteiger partial charge in [-0.3, -0.25) is 4.79 Å². The van der Waals surface area contributed by atoms with Gasteiger partial charge in [-0.25, -0.2) is 4.79 Å². The number of fused-ring (bicyclic) bond motifs is 1. The summed E-state index contributed by atoms with van der Waals surface area (Å²) in [4.78, 5) is 23.0. The molecule has 0 aliphatic heterocycles. The van der Waals surface area contributed by atoms with Gasteiger partial charge in [-0.05, 0) is 56.3 Å². The summed E-state index contributed by atoms with van der Waals surface area (Å²) in [5.74, 6) is -0.184. The van der Waals surface area contributed by atoms with E-state index in [9.17, 15) is 9.59 Å². The summed E-state index contributed by atoms with van der Waals surface area (Å²) in [6.07, 6.45) is 0. The molecule has 0 unspecified atom stereocenters. The minimum Gasteiger partial charge on any atom is -0.462 e. The maximum absolute atomic E-state index is 11.8. The number of aromatic nitrogens is 1. The number of carbonyl (C=O) groups is 2. The van der Waals surface area contributed by atoms with Crippen LogP contribution in [0.4, 0.5) is 0 Å². The lowest BCUT2D eigenvalue weighted by Crippen LogP contribution is -2.05. The number of nitrogens with zero attached hydrogens (tertiary/aromatic N) is 1. The molecule has 128 valence electrons. The molecule has 3 aromatic rings. The summed E-state index contributed by atoms with van der Waals surface area (Å²) in [5.41, 5.74) is 3.40. The van der Waals surface area contributed by atoms with Crippen molar-refractivity contribution in [3.05, 3.63) is 59.8 Å². The maximum Gasteiger partial charge on any atom is 0.338 e. The molecule has 0 saturated heterocycles. The van der Waals surface area contributed by atoms with E-state index in [1.54, 1.807) is 25.1 Å². The average molecular weight is 337 g/mol. The van der Waals surface area contributed by atoms with Crippen molar-refractivity contribution in [2.45, 2.75) is 20.8 Å². The monoisotopic (exact) mass is 337 g/mol. The second-order valence-corrected chi connectivity index (χ2v) is 5.70. The molecule has 0 fully saturated rings. The van der Waals surface area contributed by atoms with Crippen LogP contribution in [0.25, 0.3) is 16.6 Å². The van der Waals surface area contributed by atoms with Crippen LogP contribution in [-0.2, 0) is 9.53 Å². The first-order valence-corrected chi connectivity index (χ1v) is 8.07. The van der Waals surface area contributed by atoms with Gasteiger partial charge in [-0.1, -0.05) is 0 Å². The highest BCUT2D eigenvalue weighted by Gasteiger charge is 2.11. The summed E-state index contributed by atoms with van der Waals surface area (Å²) in [6.45, 7) is 5.51. The zero-order valence-corrected chi connectivity index (χ0v) is 14.4. The average Bonchev–Trinajstić information content (AvgIpc) is 2.90. The SMILES string of the molecule is CCOC(=O)c1ccc(-n2c(C)cc3ccc(OC(C)=O)cc32)cc1. The van der Waals surface area contributed by atoms with Crippen LogP contribution in [0.2, 0.25) is 0 Å². The first kappa shape index (κ1) is 16.8. The number of hydrogen-bond acceptors (Lipinski definition) is 4. The van der Waals surface area contributed by atoms with Crippen molar-refractivity contribution < 1.29 is 19.1 Å². The zero-order valence-electron chi connectivity index (χ0n) is 14.4. The second kappa shape index (κ2) is 6.81. The normalized spacial score (nSPS) is 10.7. The van der Waals surface area contributed by atoms with Crippen molar-refractivity contribution in [2.75, 3.05) is 6.61 Å². The van der Waals surface area contributed by atoms with E-state index in [0.717, 1.165) is 22.3 Å². The van der Waals surface area contributed by atoms with E-state index in [2.05, 4.69) is 10.6 Å². The first-order chi connectivity index (χ1) is 12.0. The minimum absolute atomic E-state index is 0.333. The molecule has 2 aromatic carbocycles. The predicted octanol–water partition coefficient (Wildman–Crippen LogP) is 4.04. The van der Waals surface area contributed by atoms with Gasteiger partial charge in [0.1, 0.15) is 5.75 Å². The summed E-state index contributed by atoms with van der Waals surface area (Å²) in [5, 5.41) is 1.04. The quantitative estimate of drug-likeness (QED) is 0.532. The Morgan fingerprint density at radius 2 is 1.76 bits per heavy atom. The fraction of sp³-hybridized carbons (Fsp3) is 0.200. The molecule has 0 aliphatic carbocycles. The van der Waals surface area contributed by atoms with E-state index in [0.29, 0.717) is 17.9 Å². The number of aryl methyl sites for hydroxylation is 1. The third kappa shape index (κ3) is 3.40. The van der Waals surface area contributed by atoms with Crippen LogP contribution in [0.5, 0.6) is 5.75 Å². The molecule has 3 rings (SSSR count). The Kier molecular flexibility index (Phi) is 4.57. The summed E-state index contributed by atoms with van der Waals surface area (Å²) >= 11 is 0. The fourth-order valence-electron chi connectivity index (χ4n) is 2.85. The molecule has 0 saturated carbocycles. The highest BCUT2D eigenvalue weighted by molar-refractivity contribution is 5.90. The van der Waals surface area contributed by atoms with Crippen LogP contribution >= 0.6 is 0 Å². The van der Waals surface area contributed by atoms with Gasteiger partial charge in [0.15, 0.2) is 0 Å². The molecule has 0 spiro atoms. The summed E-state index contributed by atoms with van der Waals surface area (Å²) in [6, 6.07) is 14.8. The van der Waals surface area contributed by atoms with Crippen molar-refractivity contribution in [3.8, 4) is 11.4 Å². The van der Waals surface area contributed by atoms with Gasteiger partial charge >= 0.3 is 11.9 Å². The lowest BCUT2D eigenvalue weighted by atomic mass is 10.2. The Morgan fingerprint density at radius 3 is 2.40 bits per heavy atom. The fourth-order valence-corrected chi connectivity index (χ4v) is 2.85. The smallest absolute Gasteiger partial charge is 0.338 e. The highest BCUT2D eigenvalue weighted by Crippen LogP contribution is 2.28. The van der Waals surface area contributed by atoms with Crippen molar-refractivity contribution in [1.29, 1.82) is 0 Å². The number of carbonyl (C=O) groups excluding carboxylic acids is 2. The van der Waals surface area contributed by atoms with E-state index in [-0.39, 0.29) is 11.9 Å². The zero-order chi connectivity index (χ0) is 18.0. The lowest BCUT2D eigenvalue weighted by Gasteiger charge is -2.10. The molecule has 0 N–H and O–H groups in total. The molecular formula is C20H19NO4. The van der Waals surface area contributed by atoms with Gasteiger partial charge in [0.2, 0.25) is 0 Å². The Balaban J connectivity index is 2.03. The van der Waals surface area contributed by atoms with Crippen LogP contribution in [0.15, 0.2) is 48.5 Å². The number of ether oxygens (including phenoxy) is 2. The van der Waals surface area contributed by atoms with E-state index < -0.39 is 0 Å². The van der Waals surface area contributed by atoms with Gasteiger partial charge in [0.05, 0.1) is 17.7 Å². The summed E-state index contributed by atoms with van der Waals surface area (Å²) in [7, 11) is 0. The third-order valence-electron chi connectivity index (χ3n) is 3.86. The van der Waals surface area contributed by atoms with Crippen LogP contribution in [0, 0.1) is 6.92 Å². The van der Waals surface area contributed by atoms with E-state index in [4.69, 9.17) is 9.47 Å². The number of benzene rings is 2. The van der Waals surface area contributed by atoms with Crippen molar-refractivity contribution in [1.82, 2.24) is 4.57 Å². The van der Waals surface area contributed by atoms with Crippen LogP contribution < -0.4 is 4.74 Å². The Labute approximate surface area is 145 Å². The molecule has 5 nitrogen and oxygen atoms in total. The largest absolute Gasteiger partial charge is 0.462 e. The van der Waals surface area contributed by atoms with Gasteiger partial charge in [0, 0.05) is 29.8 Å². The van der Waals surface area contributed by atoms with Gasteiger partial charge in [-0.2, -0.15) is 0 Å². The molecular weight excluding hydrogens is 318 g/mol. The lowest BCUT2D eigenvalue weighted by molar-refractivity contribution is -0.131. The minimum atomic E-state index is -0.354. The van der Waals surface area contributed by atoms with E-state index in [1.165, 1.54) is 6.92 Å². The molecule has 0 atom stereocenters. The van der Waals surface area contributed by atoms with Crippen molar-refractivity contribution >= 4 is 22.8 Å². The second-order valence-electron chi connectivity index (χ2n) is 5.70. The molecule has 0 radical (unpaired) electrons. The molecule has 5 heteroatoms.